The van der Waals surface area contributed by atoms with Gasteiger partial charge in [-0.2, -0.15) is 0 Å². The quantitative estimate of drug-likeness (QED) is 0.636. The highest BCUT2D eigenvalue weighted by molar-refractivity contribution is 6.31. The summed E-state index contributed by atoms with van der Waals surface area (Å²) >= 11 is 6.11. The minimum atomic E-state index is 0.514. The zero-order chi connectivity index (χ0) is 14.6. The van der Waals surface area contributed by atoms with Crippen LogP contribution in [0.25, 0.3) is 0 Å². The van der Waals surface area contributed by atoms with Crippen molar-refractivity contribution in [1.29, 1.82) is 0 Å². The van der Waals surface area contributed by atoms with Crippen molar-refractivity contribution in [3.8, 4) is 5.88 Å². The Bertz CT molecular complexity index is 375. The number of nitrogens with one attached hydrogen (secondary N) is 1. The molecular formula is C15H25ClN2O2. The van der Waals surface area contributed by atoms with Crippen LogP contribution in [-0.4, -0.2) is 31.3 Å². The first-order valence-corrected chi connectivity index (χ1v) is 7.71. The van der Waals surface area contributed by atoms with E-state index in [0.29, 0.717) is 24.1 Å². The third-order valence-electron chi connectivity index (χ3n) is 2.77. The first-order chi connectivity index (χ1) is 9.77. The van der Waals surface area contributed by atoms with Crippen LogP contribution >= 0.6 is 11.6 Å². The van der Waals surface area contributed by atoms with Crippen LogP contribution in [0.5, 0.6) is 5.88 Å². The second-order valence-corrected chi connectivity index (χ2v) is 5.01. The lowest BCUT2D eigenvalue weighted by molar-refractivity contribution is 0.0965. The summed E-state index contributed by atoms with van der Waals surface area (Å²) in [4.78, 5) is 4.16. The van der Waals surface area contributed by atoms with Crippen molar-refractivity contribution >= 4 is 11.6 Å². The van der Waals surface area contributed by atoms with Gasteiger partial charge in [-0.25, -0.2) is 4.98 Å². The minimum absolute atomic E-state index is 0.514. The van der Waals surface area contributed by atoms with E-state index in [-0.39, 0.29) is 0 Å². The van der Waals surface area contributed by atoms with Crippen LogP contribution in [0.4, 0.5) is 0 Å². The Labute approximate surface area is 126 Å². The van der Waals surface area contributed by atoms with Gasteiger partial charge >= 0.3 is 0 Å². The third-order valence-corrected chi connectivity index (χ3v) is 3.11. The van der Waals surface area contributed by atoms with Gasteiger partial charge in [0.2, 0.25) is 5.88 Å². The maximum Gasteiger partial charge on any atom is 0.213 e. The van der Waals surface area contributed by atoms with Crippen molar-refractivity contribution in [3.63, 3.8) is 0 Å². The van der Waals surface area contributed by atoms with E-state index < -0.39 is 0 Å². The third kappa shape index (κ3) is 7.08. The molecule has 0 spiro atoms. The average Bonchev–Trinajstić information content (AvgIpc) is 2.46. The molecule has 1 rings (SSSR count). The largest absolute Gasteiger partial charge is 0.475 e. The number of aromatic nitrogens is 1. The van der Waals surface area contributed by atoms with Crippen LogP contribution in [0.1, 0.15) is 38.7 Å². The van der Waals surface area contributed by atoms with Crippen molar-refractivity contribution in [2.24, 2.45) is 0 Å². The lowest BCUT2D eigenvalue weighted by Crippen LogP contribution is -2.14. The summed E-state index contributed by atoms with van der Waals surface area (Å²) in [6, 6.07) is 1.89. The van der Waals surface area contributed by atoms with Crippen LogP contribution in [0.2, 0.25) is 5.02 Å². The van der Waals surface area contributed by atoms with Gasteiger partial charge in [0, 0.05) is 25.4 Å². The Balaban J connectivity index is 2.32. The highest BCUT2D eigenvalue weighted by atomic mass is 35.5. The molecule has 1 N–H and O–H groups in total. The summed E-state index contributed by atoms with van der Waals surface area (Å²) in [7, 11) is 0. The molecule has 0 fully saturated rings. The molecule has 0 aliphatic rings. The number of hydrogen-bond donors (Lipinski definition) is 1. The Kier molecular flexibility index (Phi) is 9.37. The van der Waals surface area contributed by atoms with Crippen LogP contribution < -0.4 is 10.1 Å². The predicted molar refractivity (Wildman–Crippen MR) is 82.5 cm³/mol. The van der Waals surface area contributed by atoms with Crippen LogP contribution in [0.3, 0.4) is 0 Å². The fourth-order valence-electron chi connectivity index (χ4n) is 1.63. The van der Waals surface area contributed by atoms with E-state index in [1.165, 1.54) is 0 Å². The van der Waals surface area contributed by atoms with Gasteiger partial charge in [-0.05, 0) is 24.9 Å². The summed E-state index contributed by atoms with van der Waals surface area (Å²) in [5.41, 5.74) is 1.01. The van der Waals surface area contributed by atoms with E-state index >= 15 is 0 Å². The summed E-state index contributed by atoms with van der Waals surface area (Å²) in [5, 5.41) is 3.98. The summed E-state index contributed by atoms with van der Waals surface area (Å²) in [5.74, 6) is 0.599. The molecule has 0 radical (unpaired) electrons. The lowest BCUT2D eigenvalue weighted by atomic mass is 10.2. The maximum atomic E-state index is 6.11. The Morgan fingerprint density at radius 1 is 1.20 bits per heavy atom. The van der Waals surface area contributed by atoms with Gasteiger partial charge in [0.05, 0.1) is 11.6 Å². The average molecular weight is 301 g/mol. The zero-order valence-corrected chi connectivity index (χ0v) is 13.2. The topological polar surface area (TPSA) is 43.4 Å². The molecule has 0 bridgehead atoms. The maximum absolute atomic E-state index is 6.11. The normalized spacial score (nSPS) is 10.8. The Morgan fingerprint density at radius 2 is 2.05 bits per heavy atom. The molecule has 4 nitrogen and oxygen atoms in total. The van der Waals surface area contributed by atoms with Gasteiger partial charge < -0.3 is 14.8 Å². The molecule has 0 aromatic carbocycles. The SMILES string of the molecule is CCCCOCCOc1cc(CNCCC)c(Cl)cn1. The Hall–Kier alpha value is -0.840. The van der Waals surface area contributed by atoms with Crippen molar-refractivity contribution in [2.75, 3.05) is 26.4 Å². The number of pyridine rings is 1. The molecule has 1 aromatic rings. The van der Waals surface area contributed by atoms with Crippen LogP contribution in [-0.2, 0) is 11.3 Å². The van der Waals surface area contributed by atoms with E-state index in [4.69, 9.17) is 21.1 Å². The van der Waals surface area contributed by atoms with Crippen LogP contribution in [0.15, 0.2) is 12.3 Å². The van der Waals surface area contributed by atoms with Gasteiger partial charge in [0.1, 0.15) is 6.61 Å². The first kappa shape index (κ1) is 17.2. The zero-order valence-electron chi connectivity index (χ0n) is 12.5. The second kappa shape index (κ2) is 10.9. The van der Waals surface area contributed by atoms with Gasteiger partial charge in [-0.15, -0.1) is 0 Å². The van der Waals surface area contributed by atoms with Crippen molar-refractivity contribution < 1.29 is 9.47 Å². The van der Waals surface area contributed by atoms with Crippen molar-refractivity contribution in [1.82, 2.24) is 10.3 Å². The van der Waals surface area contributed by atoms with Gasteiger partial charge in [-0.3, -0.25) is 0 Å². The number of ether oxygens (including phenoxy) is 2. The summed E-state index contributed by atoms with van der Waals surface area (Å²) in [6.45, 7) is 7.88. The number of rotatable bonds is 11. The van der Waals surface area contributed by atoms with Gasteiger partial charge in [-0.1, -0.05) is 31.9 Å². The molecule has 1 aromatic heterocycles. The van der Waals surface area contributed by atoms with Crippen LogP contribution in [0, 0.1) is 0 Å². The smallest absolute Gasteiger partial charge is 0.213 e. The van der Waals surface area contributed by atoms with Crippen molar-refractivity contribution in [3.05, 3.63) is 22.8 Å². The van der Waals surface area contributed by atoms with E-state index in [1.54, 1.807) is 6.20 Å². The number of unbranched alkanes of at least 4 members (excludes halogenated alkanes) is 1. The van der Waals surface area contributed by atoms with E-state index in [9.17, 15) is 0 Å². The summed E-state index contributed by atoms with van der Waals surface area (Å²) in [6.07, 6.45) is 4.97. The van der Waals surface area contributed by atoms with E-state index in [0.717, 1.165) is 44.5 Å². The van der Waals surface area contributed by atoms with E-state index in [1.807, 2.05) is 6.07 Å². The van der Waals surface area contributed by atoms with Gasteiger partial charge in [0.15, 0.2) is 0 Å². The molecule has 0 atom stereocenters. The highest BCUT2D eigenvalue weighted by Crippen LogP contribution is 2.19. The molecule has 0 aliphatic carbocycles. The molecule has 114 valence electrons. The number of nitrogens with zero attached hydrogens (tertiary/aromatic N) is 1. The number of halogens is 1. The molecule has 0 saturated heterocycles. The lowest BCUT2D eigenvalue weighted by Gasteiger charge is -2.09. The molecule has 0 aliphatic heterocycles. The summed E-state index contributed by atoms with van der Waals surface area (Å²) < 4.78 is 11.0. The fourth-order valence-corrected chi connectivity index (χ4v) is 1.80. The molecule has 0 saturated carbocycles. The standard InChI is InChI=1S/C15H25ClN2O2/c1-3-5-7-19-8-9-20-15-10-13(11-17-6-4-2)14(16)12-18-15/h10,12,17H,3-9,11H2,1-2H3. The van der Waals surface area contributed by atoms with Crippen molar-refractivity contribution in [2.45, 2.75) is 39.7 Å². The fraction of sp³-hybridized carbons (Fsp3) is 0.667. The number of hydrogen-bond acceptors (Lipinski definition) is 4. The molecule has 0 amide bonds. The molecule has 20 heavy (non-hydrogen) atoms. The highest BCUT2D eigenvalue weighted by Gasteiger charge is 2.04. The first-order valence-electron chi connectivity index (χ1n) is 7.33. The van der Waals surface area contributed by atoms with Gasteiger partial charge in [0.25, 0.3) is 0 Å². The minimum Gasteiger partial charge on any atom is -0.475 e. The molecule has 0 unspecified atom stereocenters. The predicted octanol–water partition coefficient (Wildman–Crippen LogP) is 3.43. The molecule has 5 heteroatoms. The molecular weight excluding hydrogens is 276 g/mol. The van der Waals surface area contributed by atoms with E-state index in [2.05, 4.69) is 24.1 Å². The second-order valence-electron chi connectivity index (χ2n) is 4.61. The Morgan fingerprint density at radius 3 is 2.80 bits per heavy atom. The monoisotopic (exact) mass is 300 g/mol. The molecule has 1 heterocycles.